The molecule has 0 N–H and O–H groups in total. The Balaban J connectivity index is 3.08. The molecule has 0 unspecified atom stereocenters. The van der Waals surface area contributed by atoms with Crippen molar-refractivity contribution in [1.82, 2.24) is 0 Å². The van der Waals surface area contributed by atoms with Crippen LogP contribution in [0.5, 0.6) is 0 Å². The number of unbranched alkanes of at least 4 members (excludes halogenated alkanes) is 7. The lowest BCUT2D eigenvalue weighted by Gasteiger charge is -2.04. The summed E-state index contributed by atoms with van der Waals surface area (Å²) < 4.78 is 0. The Morgan fingerprint density at radius 3 is 2.00 bits per heavy atom. The molecule has 0 aromatic carbocycles. The lowest BCUT2D eigenvalue weighted by atomic mass is 10.0. The average molecular weight is 222 g/mol. The molecule has 0 aliphatic carbocycles. The monoisotopic (exact) mass is 222 g/mol. The van der Waals surface area contributed by atoms with Gasteiger partial charge in [0.05, 0.1) is 0 Å². The van der Waals surface area contributed by atoms with Gasteiger partial charge in [0.25, 0.3) is 0 Å². The van der Waals surface area contributed by atoms with Crippen LogP contribution in [-0.4, -0.2) is 0 Å². The smallest absolute Gasteiger partial charge is 0.0288 e. The van der Waals surface area contributed by atoms with Crippen molar-refractivity contribution in [3.8, 4) is 0 Å². The Morgan fingerprint density at radius 1 is 0.875 bits per heavy atom. The summed E-state index contributed by atoms with van der Waals surface area (Å²) >= 11 is 0. The van der Waals surface area contributed by atoms with Crippen LogP contribution in [0.1, 0.15) is 77.6 Å². The van der Waals surface area contributed by atoms with Gasteiger partial charge in [-0.05, 0) is 25.7 Å². The van der Waals surface area contributed by atoms with E-state index in [9.17, 15) is 0 Å². The van der Waals surface area contributed by atoms with Gasteiger partial charge in [-0.25, -0.2) is 0 Å². The lowest BCUT2D eigenvalue weighted by Crippen LogP contribution is -1.84. The number of hydrogen-bond donors (Lipinski definition) is 0. The molecule has 0 spiro atoms. The van der Waals surface area contributed by atoms with Gasteiger partial charge in [0, 0.05) is 0 Å². The second kappa shape index (κ2) is 12.5. The van der Waals surface area contributed by atoms with Crippen LogP contribution in [0.4, 0.5) is 0 Å². The van der Waals surface area contributed by atoms with Crippen molar-refractivity contribution < 1.29 is 0 Å². The molecule has 0 heterocycles. The zero-order valence-corrected chi connectivity index (χ0v) is 11.3. The summed E-state index contributed by atoms with van der Waals surface area (Å²) in [5.74, 6) is 0. The quantitative estimate of drug-likeness (QED) is 0.279. The predicted molar refractivity (Wildman–Crippen MR) is 75.8 cm³/mol. The molecule has 16 heavy (non-hydrogen) atoms. The highest BCUT2D eigenvalue weighted by Crippen LogP contribution is 2.14. The molecule has 0 amide bonds. The van der Waals surface area contributed by atoms with Crippen LogP contribution in [0.25, 0.3) is 0 Å². The molecular weight excluding hydrogens is 192 g/mol. The first-order chi connectivity index (χ1) is 7.81. The molecular formula is C16H30. The Morgan fingerprint density at radius 2 is 1.44 bits per heavy atom. The molecule has 0 atom stereocenters. The summed E-state index contributed by atoms with van der Waals surface area (Å²) in [4.78, 5) is 0. The first kappa shape index (κ1) is 15.5. The van der Waals surface area contributed by atoms with E-state index in [-0.39, 0.29) is 0 Å². The van der Waals surface area contributed by atoms with Crippen molar-refractivity contribution in [3.63, 3.8) is 0 Å². The molecule has 0 rings (SSSR count). The fraction of sp³-hybridized carbons (Fsp3) is 0.750. The van der Waals surface area contributed by atoms with E-state index in [0.717, 1.165) is 12.8 Å². The average Bonchev–Trinajstić information content (AvgIpc) is 2.30. The maximum absolute atomic E-state index is 4.10. The maximum atomic E-state index is 4.10. The van der Waals surface area contributed by atoms with Crippen molar-refractivity contribution in [2.24, 2.45) is 0 Å². The SMILES string of the molecule is C=CCCC(=C)CCCCCCCCCC. The molecule has 0 fully saturated rings. The molecule has 0 saturated heterocycles. The van der Waals surface area contributed by atoms with E-state index >= 15 is 0 Å². The van der Waals surface area contributed by atoms with E-state index in [1.807, 2.05) is 6.08 Å². The molecule has 0 aliphatic heterocycles. The van der Waals surface area contributed by atoms with E-state index in [4.69, 9.17) is 0 Å². The van der Waals surface area contributed by atoms with Gasteiger partial charge in [0.1, 0.15) is 0 Å². The molecule has 0 nitrogen and oxygen atoms in total. The van der Waals surface area contributed by atoms with Gasteiger partial charge < -0.3 is 0 Å². The third kappa shape index (κ3) is 11.6. The largest absolute Gasteiger partial charge is 0.103 e. The van der Waals surface area contributed by atoms with Gasteiger partial charge in [0.15, 0.2) is 0 Å². The summed E-state index contributed by atoms with van der Waals surface area (Å²) in [5.41, 5.74) is 1.41. The second-order valence-corrected chi connectivity index (χ2v) is 4.80. The molecule has 0 aromatic heterocycles. The Kier molecular flexibility index (Phi) is 12.1. The normalized spacial score (nSPS) is 10.3. The van der Waals surface area contributed by atoms with Crippen LogP contribution in [-0.2, 0) is 0 Å². The highest BCUT2D eigenvalue weighted by Gasteiger charge is 1.95. The van der Waals surface area contributed by atoms with E-state index in [2.05, 4.69) is 20.1 Å². The standard InChI is InChI=1S/C16H30/c1-4-6-8-9-10-11-12-13-15-16(3)14-7-5-2/h5H,2-4,6-15H2,1H3. The van der Waals surface area contributed by atoms with Crippen molar-refractivity contribution in [3.05, 3.63) is 24.8 Å². The van der Waals surface area contributed by atoms with E-state index in [1.165, 1.54) is 63.4 Å². The molecule has 0 heteroatoms. The summed E-state index contributed by atoms with van der Waals surface area (Å²) in [5, 5.41) is 0. The lowest BCUT2D eigenvalue weighted by molar-refractivity contribution is 0.573. The van der Waals surface area contributed by atoms with Crippen molar-refractivity contribution in [2.75, 3.05) is 0 Å². The number of hydrogen-bond acceptors (Lipinski definition) is 0. The van der Waals surface area contributed by atoms with Gasteiger partial charge in [-0.3, -0.25) is 0 Å². The van der Waals surface area contributed by atoms with Crippen LogP contribution in [0.15, 0.2) is 24.8 Å². The zero-order chi connectivity index (χ0) is 12.1. The summed E-state index contributed by atoms with van der Waals surface area (Å²) in [6, 6.07) is 0. The third-order valence-corrected chi connectivity index (χ3v) is 3.09. The first-order valence-corrected chi connectivity index (χ1v) is 7.08. The topological polar surface area (TPSA) is 0 Å². The Hall–Kier alpha value is -0.520. The zero-order valence-electron chi connectivity index (χ0n) is 11.3. The molecule has 0 saturated carbocycles. The number of allylic oxidation sites excluding steroid dienone is 2. The van der Waals surface area contributed by atoms with Crippen LogP contribution < -0.4 is 0 Å². The van der Waals surface area contributed by atoms with Gasteiger partial charge >= 0.3 is 0 Å². The second-order valence-electron chi connectivity index (χ2n) is 4.80. The maximum Gasteiger partial charge on any atom is -0.0288 e. The van der Waals surface area contributed by atoms with Crippen LogP contribution in [0.2, 0.25) is 0 Å². The summed E-state index contributed by atoms with van der Waals surface area (Å²) in [7, 11) is 0. The molecule has 94 valence electrons. The van der Waals surface area contributed by atoms with Gasteiger partial charge in [0.2, 0.25) is 0 Å². The van der Waals surface area contributed by atoms with E-state index < -0.39 is 0 Å². The van der Waals surface area contributed by atoms with Crippen molar-refractivity contribution >= 4 is 0 Å². The van der Waals surface area contributed by atoms with Crippen LogP contribution in [0.3, 0.4) is 0 Å². The highest BCUT2D eigenvalue weighted by molar-refractivity contribution is 4.95. The molecule has 0 bridgehead atoms. The Labute approximate surface area is 103 Å². The predicted octanol–water partition coefficient (Wildman–Crippen LogP) is 6.04. The van der Waals surface area contributed by atoms with Crippen LogP contribution >= 0.6 is 0 Å². The fourth-order valence-electron chi connectivity index (χ4n) is 1.94. The van der Waals surface area contributed by atoms with Crippen molar-refractivity contribution in [1.29, 1.82) is 0 Å². The fourth-order valence-corrected chi connectivity index (χ4v) is 1.94. The van der Waals surface area contributed by atoms with E-state index in [1.54, 1.807) is 0 Å². The minimum Gasteiger partial charge on any atom is -0.103 e. The van der Waals surface area contributed by atoms with Gasteiger partial charge in [-0.1, -0.05) is 70.1 Å². The Bertz CT molecular complexity index is 167. The minimum atomic E-state index is 1.09. The van der Waals surface area contributed by atoms with Crippen molar-refractivity contribution in [2.45, 2.75) is 77.6 Å². The third-order valence-electron chi connectivity index (χ3n) is 3.09. The van der Waals surface area contributed by atoms with Gasteiger partial charge in [-0.2, -0.15) is 0 Å². The highest BCUT2D eigenvalue weighted by atomic mass is 14.0. The molecule has 0 aromatic rings. The minimum absolute atomic E-state index is 1.09. The molecule has 0 radical (unpaired) electrons. The van der Waals surface area contributed by atoms with E-state index in [0.29, 0.717) is 0 Å². The van der Waals surface area contributed by atoms with Gasteiger partial charge in [-0.15, -0.1) is 6.58 Å². The summed E-state index contributed by atoms with van der Waals surface area (Å²) in [6.07, 6.45) is 16.6. The number of rotatable bonds is 12. The summed E-state index contributed by atoms with van der Waals surface area (Å²) in [6.45, 7) is 10.1. The first-order valence-electron chi connectivity index (χ1n) is 7.08. The molecule has 0 aliphatic rings. The van der Waals surface area contributed by atoms with Crippen LogP contribution in [0, 0.1) is 0 Å².